The van der Waals surface area contributed by atoms with Crippen LogP contribution in [-0.4, -0.2) is 129 Å². The van der Waals surface area contributed by atoms with Crippen molar-refractivity contribution in [3.8, 4) is 0 Å². The minimum Gasteiger partial charge on any atom is -0.468 e. The van der Waals surface area contributed by atoms with Gasteiger partial charge in [0, 0.05) is 52.4 Å². The number of methoxy groups -OCH3 is 2. The molecule has 3 rings (SSSR count). The number of hydrogen-bond donors (Lipinski definition) is 8. The Balaban J connectivity index is 2.12. The Labute approximate surface area is 191 Å². The van der Waals surface area contributed by atoms with Crippen LogP contribution in [0.15, 0.2) is 0 Å². The predicted molar refractivity (Wildman–Crippen MR) is 120 cm³/mol. The van der Waals surface area contributed by atoms with Gasteiger partial charge in [-0.05, 0) is 0 Å². The molecule has 0 unspecified atom stereocenters. The van der Waals surface area contributed by atoms with Crippen LogP contribution in [-0.2, 0) is 19.1 Å². The topological polar surface area (TPSA) is 158 Å². The number of nitrogens with two attached hydrogens (primary N) is 2. The molecule has 0 saturated carbocycles. The molecule has 0 aliphatic carbocycles. The van der Waals surface area contributed by atoms with Crippen molar-refractivity contribution in [1.29, 1.82) is 0 Å². The molecule has 0 aromatic heterocycles. The fraction of sp³-hybridized carbons (Fsp3) is 0.900. The Morgan fingerprint density at radius 2 is 1.12 bits per heavy atom. The van der Waals surface area contributed by atoms with Gasteiger partial charge in [0.15, 0.2) is 0 Å². The maximum Gasteiger partial charge on any atom is 0.319 e. The van der Waals surface area contributed by atoms with Crippen molar-refractivity contribution in [2.75, 3.05) is 106 Å². The highest BCUT2D eigenvalue weighted by atomic mass is 16.5. The summed E-state index contributed by atoms with van der Waals surface area (Å²) in [6.45, 7) is 10.1. The Hall–Kier alpha value is -1.38. The highest BCUT2D eigenvalue weighted by Crippen LogP contribution is 2.03. The number of quaternary nitrogens is 2. The van der Waals surface area contributed by atoms with Gasteiger partial charge in [-0.3, -0.25) is 20.2 Å². The third kappa shape index (κ3) is 9.63. The SMILES string of the molecule is COC(=O)CNC12CNCCNCC(NCC(=O)OC)(C[NH2+]CCNC1)C[NH2+]CCNC2. The molecule has 12 nitrogen and oxygen atoms in total. The Morgan fingerprint density at radius 1 is 0.719 bits per heavy atom. The third-order valence-electron chi connectivity index (χ3n) is 6.12. The summed E-state index contributed by atoms with van der Waals surface area (Å²) in [4.78, 5) is 23.6. The third-order valence-corrected chi connectivity index (χ3v) is 6.12. The van der Waals surface area contributed by atoms with Gasteiger partial charge in [0.2, 0.25) is 0 Å². The van der Waals surface area contributed by atoms with Crippen molar-refractivity contribution in [3.63, 3.8) is 0 Å². The smallest absolute Gasteiger partial charge is 0.319 e. The van der Waals surface area contributed by atoms with E-state index >= 15 is 0 Å². The van der Waals surface area contributed by atoms with Crippen LogP contribution >= 0.6 is 0 Å². The summed E-state index contributed by atoms with van der Waals surface area (Å²) in [5, 5.41) is 25.7. The molecule has 186 valence electrons. The number of fused-ring (bicyclic) bond motifs is 15. The molecule has 3 aliphatic rings. The molecule has 0 spiro atoms. The van der Waals surface area contributed by atoms with Crippen molar-refractivity contribution in [2.45, 2.75) is 11.1 Å². The number of esters is 2. The van der Waals surface area contributed by atoms with E-state index in [0.29, 0.717) is 6.54 Å². The molecule has 32 heavy (non-hydrogen) atoms. The van der Waals surface area contributed by atoms with Gasteiger partial charge in [0.25, 0.3) is 0 Å². The van der Waals surface area contributed by atoms with Gasteiger partial charge in [-0.2, -0.15) is 0 Å². The van der Waals surface area contributed by atoms with Gasteiger partial charge in [-0.25, -0.2) is 0 Å². The van der Waals surface area contributed by atoms with E-state index in [2.05, 4.69) is 42.5 Å². The largest absolute Gasteiger partial charge is 0.468 e. The summed E-state index contributed by atoms with van der Waals surface area (Å²) >= 11 is 0. The van der Waals surface area contributed by atoms with Crippen molar-refractivity contribution in [2.24, 2.45) is 0 Å². The lowest BCUT2D eigenvalue weighted by Crippen LogP contribution is -2.98. The number of ether oxygens (including phenoxy) is 2. The molecular formula is C20H44N8O4+2. The average molecular weight is 461 g/mol. The number of carbonyl (C=O) groups is 2. The normalized spacial score (nSPS) is 28.9. The molecule has 0 atom stereocenters. The zero-order valence-corrected chi connectivity index (χ0v) is 19.7. The Bertz CT molecular complexity index is 474. The van der Waals surface area contributed by atoms with Crippen molar-refractivity contribution >= 4 is 11.9 Å². The standard InChI is InChI=1S/C20H42N8O4/c1-31-17(29)9-27-19-11-21-3-6-24-14-20(28-10-18(30)32-2,15-25-7-4-22-12-19)16-26-8-5-23-13-19/h21-28H,3-16H2,1-2H3/p+2. The van der Waals surface area contributed by atoms with Crippen molar-refractivity contribution in [1.82, 2.24) is 31.9 Å². The van der Waals surface area contributed by atoms with Gasteiger partial charge in [-0.15, -0.1) is 0 Å². The van der Waals surface area contributed by atoms with Gasteiger partial charge in [0.05, 0.1) is 45.9 Å². The quantitative estimate of drug-likeness (QED) is 0.179. The zero-order valence-electron chi connectivity index (χ0n) is 19.7. The minimum absolute atomic E-state index is 0.173. The summed E-state index contributed by atoms with van der Waals surface area (Å²) in [5.74, 6) is -0.517. The van der Waals surface area contributed by atoms with Gasteiger partial charge in [-0.1, -0.05) is 0 Å². The van der Waals surface area contributed by atoms with E-state index < -0.39 is 0 Å². The second kappa shape index (κ2) is 14.7. The molecule has 2 bridgehead atoms. The lowest BCUT2D eigenvalue weighted by Gasteiger charge is -2.37. The summed E-state index contributed by atoms with van der Waals surface area (Å²) in [6, 6.07) is 0. The van der Waals surface area contributed by atoms with Crippen LogP contribution in [0, 0.1) is 0 Å². The molecule has 3 saturated heterocycles. The number of nitrogens with one attached hydrogen (secondary N) is 6. The summed E-state index contributed by atoms with van der Waals surface area (Å²) < 4.78 is 9.68. The van der Waals surface area contributed by atoms with E-state index in [1.807, 2.05) is 0 Å². The van der Waals surface area contributed by atoms with Crippen LogP contribution in [0.1, 0.15) is 0 Å². The predicted octanol–water partition coefficient (Wildman–Crippen LogP) is -6.50. The van der Waals surface area contributed by atoms with Crippen molar-refractivity contribution < 1.29 is 29.7 Å². The lowest BCUT2D eigenvalue weighted by atomic mass is 9.97. The first-order valence-electron chi connectivity index (χ1n) is 11.6. The van der Waals surface area contributed by atoms with Crippen LogP contribution in [0.4, 0.5) is 0 Å². The number of hydrogen-bond acceptors (Lipinski definition) is 10. The van der Waals surface area contributed by atoms with E-state index in [1.54, 1.807) is 0 Å². The molecule has 0 amide bonds. The Kier molecular flexibility index (Phi) is 12.3. The molecule has 10 N–H and O–H groups in total. The average Bonchev–Trinajstić information content (AvgIpc) is 2.81. The molecule has 0 aromatic rings. The first-order valence-corrected chi connectivity index (χ1v) is 11.6. The summed E-state index contributed by atoms with van der Waals surface area (Å²) in [6.07, 6.45) is 0. The number of carbonyl (C=O) groups excluding carboxylic acids is 2. The monoisotopic (exact) mass is 460 g/mol. The summed E-state index contributed by atoms with van der Waals surface area (Å²) in [7, 11) is 2.83. The highest BCUT2D eigenvalue weighted by Gasteiger charge is 2.35. The summed E-state index contributed by atoms with van der Waals surface area (Å²) in [5.41, 5.74) is -0.539. The molecule has 3 fully saturated rings. The van der Waals surface area contributed by atoms with Crippen LogP contribution in [0.3, 0.4) is 0 Å². The first kappa shape index (κ1) is 26.9. The fourth-order valence-electron chi connectivity index (χ4n) is 4.13. The van der Waals surface area contributed by atoms with Gasteiger partial charge in [0.1, 0.15) is 18.6 Å². The maximum absolute atomic E-state index is 11.8. The number of rotatable bonds is 6. The molecule has 3 aliphatic heterocycles. The Morgan fingerprint density at radius 3 is 1.59 bits per heavy atom. The van der Waals surface area contributed by atoms with Crippen LogP contribution in [0.25, 0.3) is 0 Å². The minimum atomic E-state index is -0.311. The van der Waals surface area contributed by atoms with E-state index in [4.69, 9.17) is 9.47 Å². The van der Waals surface area contributed by atoms with E-state index in [-0.39, 0.29) is 36.1 Å². The second-order valence-electron chi connectivity index (χ2n) is 8.69. The zero-order chi connectivity index (χ0) is 23.1. The highest BCUT2D eigenvalue weighted by molar-refractivity contribution is 5.71. The molecule has 0 aromatic carbocycles. The van der Waals surface area contributed by atoms with Crippen molar-refractivity contribution in [3.05, 3.63) is 0 Å². The molecule has 12 heteroatoms. The molecule has 0 radical (unpaired) electrons. The van der Waals surface area contributed by atoms with E-state index in [0.717, 1.165) is 72.0 Å². The molecular weight excluding hydrogens is 416 g/mol. The lowest BCUT2D eigenvalue weighted by molar-refractivity contribution is -0.690. The fourth-order valence-corrected chi connectivity index (χ4v) is 4.13. The van der Waals surface area contributed by atoms with Crippen LogP contribution in [0.2, 0.25) is 0 Å². The van der Waals surface area contributed by atoms with Crippen LogP contribution < -0.4 is 42.5 Å². The maximum atomic E-state index is 11.8. The van der Waals surface area contributed by atoms with E-state index in [9.17, 15) is 9.59 Å². The second-order valence-corrected chi connectivity index (χ2v) is 8.69. The molecule has 3 heterocycles. The van der Waals surface area contributed by atoms with Crippen LogP contribution in [0.5, 0.6) is 0 Å². The first-order chi connectivity index (χ1) is 15.5. The van der Waals surface area contributed by atoms with Gasteiger partial charge >= 0.3 is 11.9 Å². The van der Waals surface area contributed by atoms with Gasteiger partial charge < -0.3 is 41.4 Å². The van der Waals surface area contributed by atoms with E-state index in [1.165, 1.54) is 14.2 Å².